The topological polar surface area (TPSA) is 48.0 Å². The second kappa shape index (κ2) is 8.11. The lowest BCUT2D eigenvalue weighted by molar-refractivity contribution is -0.284. The Balaban J connectivity index is 2.39. The van der Waals surface area contributed by atoms with Crippen molar-refractivity contribution in [3.8, 4) is 0 Å². The van der Waals surface area contributed by atoms with Crippen LogP contribution in [-0.4, -0.2) is 56.1 Å². The van der Waals surface area contributed by atoms with Crippen molar-refractivity contribution < 1.29 is 19.0 Å². The quantitative estimate of drug-likeness (QED) is 0.509. The third-order valence-corrected chi connectivity index (χ3v) is 4.25. The van der Waals surface area contributed by atoms with Crippen LogP contribution in [0.3, 0.4) is 0 Å². The van der Waals surface area contributed by atoms with Crippen LogP contribution >= 0.6 is 0 Å². The van der Waals surface area contributed by atoms with E-state index >= 15 is 0 Å². The Labute approximate surface area is 128 Å². The van der Waals surface area contributed by atoms with Crippen LogP contribution in [0.5, 0.6) is 0 Å². The van der Waals surface area contributed by atoms with E-state index in [9.17, 15) is 4.79 Å². The zero-order valence-corrected chi connectivity index (χ0v) is 14.2. The second-order valence-electron chi connectivity index (χ2n) is 6.13. The molecule has 0 aromatic rings. The zero-order chi connectivity index (χ0) is 15.9. The molecule has 0 saturated carbocycles. The Morgan fingerprint density at radius 2 is 1.71 bits per heavy atom. The van der Waals surface area contributed by atoms with Gasteiger partial charge in [-0.05, 0) is 39.8 Å². The number of esters is 1. The summed E-state index contributed by atoms with van der Waals surface area (Å²) in [4.78, 5) is 14.7. The molecule has 1 saturated heterocycles. The summed E-state index contributed by atoms with van der Waals surface area (Å²) < 4.78 is 16.7. The first-order valence-electron chi connectivity index (χ1n) is 8.06. The van der Waals surface area contributed by atoms with Crippen molar-refractivity contribution in [1.82, 2.24) is 4.90 Å². The molecule has 0 amide bonds. The molecule has 0 aromatic heterocycles. The summed E-state index contributed by atoms with van der Waals surface area (Å²) >= 11 is 0. The number of hydrogen-bond acceptors (Lipinski definition) is 5. The van der Waals surface area contributed by atoms with Gasteiger partial charge in [0.05, 0.1) is 19.8 Å². The molecule has 1 heterocycles. The fourth-order valence-electron chi connectivity index (χ4n) is 2.32. The van der Waals surface area contributed by atoms with Gasteiger partial charge in [0.1, 0.15) is 5.41 Å². The van der Waals surface area contributed by atoms with Crippen molar-refractivity contribution >= 4 is 5.97 Å². The minimum absolute atomic E-state index is 0.194. The molecule has 5 nitrogen and oxygen atoms in total. The third kappa shape index (κ3) is 5.24. The van der Waals surface area contributed by atoms with E-state index in [1.54, 1.807) is 0 Å². The molecule has 21 heavy (non-hydrogen) atoms. The van der Waals surface area contributed by atoms with Gasteiger partial charge in [-0.25, -0.2) is 0 Å². The average Bonchev–Trinajstić information content (AvgIpc) is 2.48. The summed E-state index contributed by atoms with van der Waals surface area (Å²) in [6.07, 6.45) is 1.53. The molecule has 5 heteroatoms. The highest BCUT2D eigenvalue weighted by Crippen LogP contribution is 2.33. The van der Waals surface area contributed by atoms with Crippen molar-refractivity contribution in [2.24, 2.45) is 5.41 Å². The zero-order valence-electron chi connectivity index (χ0n) is 14.2. The Morgan fingerprint density at radius 3 is 2.19 bits per heavy atom. The average molecular weight is 301 g/mol. The maximum Gasteiger partial charge on any atom is 0.316 e. The van der Waals surface area contributed by atoms with Gasteiger partial charge in [-0.15, -0.1) is 0 Å². The van der Waals surface area contributed by atoms with Gasteiger partial charge in [-0.3, -0.25) is 4.79 Å². The van der Waals surface area contributed by atoms with Gasteiger partial charge in [-0.2, -0.15) is 0 Å². The highest BCUT2D eigenvalue weighted by molar-refractivity contribution is 5.77. The number of ether oxygens (including phenoxy) is 3. The molecule has 0 aliphatic carbocycles. The van der Waals surface area contributed by atoms with Crippen molar-refractivity contribution in [3.05, 3.63) is 0 Å². The summed E-state index contributed by atoms with van der Waals surface area (Å²) in [6.45, 7) is 14.2. The standard InChI is InChI=1S/C16H31NO4/c1-6-16(12-20-15(4,5)21-13-16)14(18)19-11-9-10-17(7-2)8-3/h6-13H2,1-5H3. The number of nitrogens with zero attached hydrogens (tertiary/aromatic N) is 1. The number of carbonyl (C=O) groups excluding carboxylic acids is 1. The predicted octanol–water partition coefficient (Wildman–Crippen LogP) is 2.44. The fourth-order valence-corrected chi connectivity index (χ4v) is 2.32. The van der Waals surface area contributed by atoms with E-state index < -0.39 is 11.2 Å². The molecular weight excluding hydrogens is 270 g/mol. The highest BCUT2D eigenvalue weighted by Gasteiger charge is 2.45. The molecule has 0 unspecified atom stereocenters. The van der Waals surface area contributed by atoms with E-state index in [2.05, 4.69) is 18.7 Å². The van der Waals surface area contributed by atoms with E-state index in [1.165, 1.54) is 0 Å². The molecule has 0 atom stereocenters. The van der Waals surface area contributed by atoms with Crippen LogP contribution in [0.2, 0.25) is 0 Å². The predicted molar refractivity (Wildman–Crippen MR) is 82.1 cm³/mol. The van der Waals surface area contributed by atoms with Gasteiger partial charge < -0.3 is 19.1 Å². The van der Waals surface area contributed by atoms with Crippen LogP contribution in [-0.2, 0) is 19.0 Å². The molecule has 1 rings (SSSR count). The Bertz CT molecular complexity index is 316. The molecule has 124 valence electrons. The normalized spacial score (nSPS) is 20.5. The fraction of sp³-hybridized carbons (Fsp3) is 0.938. The van der Waals surface area contributed by atoms with E-state index in [0.717, 1.165) is 26.1 Å². The maximum atomic E-state index is 12.4. The van der Waals surface area contributed by atoms with E-state index in [1.807, 2.05) is 20.8 Å². The lowest BCUT2D eigenvalue weighted by Gasteiger charge is -2.41. The lowest BCUT2D eigenvalue weighted by atomic mass is 9.86. The molecule has 1 aliphatic rings. The van der Waals surface area contributed by atoms with Crippen molar-refractivity contribution in [1.29, 1.82) is 0 Å². The second-order valence-corrected chi connectivity index (χ2v) is 6.13. The Hall–Kier alpha value is -0.650. The summed E-state index contributed by atoms with van der Waals surface area (Å²) in [5, 5.41) is 0. The molecular formula is C16H31NO4. The van der Waals surface area contributed by atoms with E-state index in [4.69, 9.17) is 14.2 Å². The number of carbonyl (C=O) groups is 1. The minimum atomic E-state index is -0.648. The number of hydrogen-bond donors (Lipinski definition) is 0. The summed E-state index contributed by atoms with van der Waals surface area (Å²) in [6, 6.07) is 0. The summed E-state index contributed by atoms with van der Waals surface area (Å²) in [5.41, 5.74) is -0.648. The van der Waals surface area contributed by atoms with Gasteiger partial charge in [0.2, 0.25) is 0 Å². The molecule has 1 aliphatic heterocycles. The molecule has 0 aromatic carbocycles. The van der Waals surface area contributed by atoms with Crippen molar-refractivity contribution in [2.75, 3.05) is 39.5 Å². The Morgan fingerprint density at radius 1 is 1.14 bits per heavy atom. The van der Waals surface area contributed by atoms with Crippen molar-refractivity contribution in [2.45, 2.75) is 53.2 Å². The van der Waals surface area contributed by atoms with Crippen LogP contribution in [0.1, 0.15) is 47.5 Å². The van der Waals surface area contributed by atoms with Gasteiger partial charge >= 0.3 is 5.97 Å². The van der Waals surface area contributed by atoms with Crippen LogP contribution < -0.4 is 0 Å². The highest BCUT2D eigenvalue weighted by atomic mass is 16.7. The van der Waals surface area contributed by atoms with E-state index in [-0.39, 0.29) is 5.97 Å². The van der Waals surface area contributed by atoms with Gasteiger partial charge in [0, 0.05) is 6.54 Å². The molecule has 0 radical (unpaired) electrons. The number of rotatable bonds is 8. The van der Waals surface area contributed by atoms with Crippen LogP contribution in [0.25, 0.3) is 0 Å². The Kier molecular flexibility index (Phi) is 7.10. The van der Waals surface area contributed by atoms with Gasteiger partial charge in [0.15, 0.2) is 5.79 Å². The molecule has 0 spiro atoms. The van der Waals surface area contributed by atoms with Crippen LogP contribution in [0.4, 0.5) is 0 Å². The summed E-state index contributed by atoms with van der Waals surface area (Å²) in [5.74, 6) is -0.804. The third-order valence-electron chi connectivity index (χ3n) is 4.25. The van der Waals surface area contributed by atoms with Crippen LogP contribution in [0, 0.1) is 5.41 Å². The monoisotopic (exact) mass is 301 g/mol. The first-order valence-corrected chi connectivity index (χ1v) is 8.06. The molecule has 1 fully saturated rings. The first-order chi connectivity index (χ1) is 9.89. The van der Waals surface area contributed by atoms with Gasteiger partial charge in [0.25, 0.3) is 0 Å². The molecule has 0 N–H and O–H groups in total. The van der Waals surface area contributed by atoms with Crippen LogP contribution in [0.15, 0.2) is 0 Å². The van der Waals surface area contributed by atoms with E-state index in [0.29, 0.717) is 26.2 Å². The van der Waals surface area contributed by atoms with Crippen molar-refractivity contribution in [3.63, 3.8) is 0 Å². The maximum absolute atomic E-state index is 12.4. The summed E-state index contributed by atoms with van der Waals surface area (Å²) in [7, 11) is 0. The SMILES string of the molecule is CCN(CC)CCCOC(=O)C1(CC)COC(C)(C)OC1. The smallest absolute Gasteiger partial charge is 0.316 e. The largest absolute Gasteiger partial charge is 0.465 e. The molecule has 0 bridgehead atoms. The van der Waals surface area contributed by atoms with Gasteiger partial charge in [-0.1, -0.05) is 20.8 Å². The minimum Gasteiger partial charge on any atom is -0.465 e. The lowest BCUT2D eigenvalue weighted by Crippen LogP contribution is -2.51. The first kappa shape index (κ1) is 18.4.